The summed E-state index contributed by atoms with van der Waals surface area (Å²) in [4.78, 5) is 10.9. The second-order valence-corrected chi connectivity index (χ2v) is 8.17. The van der Waals surface area contributed by atoms with Crippen molar-refractivity contribution in [3.05, 3.63) is 87.7 Å². The molecule has 0 aliphatic rings. The molecule has 4 aromatic rings. The van der Waals surface area contributed by atoms with Crippen molar-refractivity contribution in [2.45, 2.75) is 38.2 Å². The lowest BCUT2D eigenvalue weighted by Gasteiger charge is -2.11. The molecule has 2 aromatic heterocycles. The van der Waals surface area contributed by atoms with Crippen molar-refractivity contribution in [3.8, 4) is 17.1 Å². The maximum Gasteiger partial charge on any atom is 0.273 e. The third-order valence-electron chi connectivity index (χ3n) is 5.23. The number of nitro groups is 1. The lowest BCUT2D eigenvalue weighted by Crippen LogP contribution is -2.01. The third kappa shape index (κ3) is 4.11. The van der Waals surface area contributed by atoms with E-state index >= 15 is 0 Å². The lowest BCUT2D eigenvalue weighted by atomic mass is 10.2. The topological polar surface area (TPSA) is 78.8 Å². The van der Waals surface area contributed by atoms with E-state index in [0.29, 0.717) is 17.9 Å². The number of para-hydroxylation sites is 1. The molecule has 0 radical (unpaired) electrons. The van der Waals surface area contributed by atoms with Gasteiger partial charge in [-0.3, -0.25) is 10.1 Å². The first-order valence-electron chi connectivity index (χ1n) is 10.0. The quantitative estimate of drug-likeness (QED) is 0.216. The van der Waals surface area contributed by atoms with Crippen molar-refractivity contribution in [3.63, 3.8) is 0 Å². The van der Waals surface area contributed by atoms with E-state index in [9.17, 15) is 10.1 Å². The average Bonchev–Trinajstić information content (AvgIpc) is 3.34. The second-order valence-electron chi connectivity index (χ2n) is 7.22. The zero-order valence-corrected chi connectivity index (χ0v) is 18.5. The van der Waals surface area contributed by atoms with Crippen LogP contribution in [0.1, 0.15) is 23.9 Å². The van der Waals surface area contributed by atoms with Gasteiger partial charge in [0, 0.05) is 46.6 Å². The highest BCUT2D eigenvalue weighted by atomic mass is 32.2. The summed E-state index contributed by atoms with van der Waals surface area (Å²) in [7, 11) is 0. The van der Waals surface area contributed by atoms with Gasteiger partial charge in [0.1, 0.15) is 0 Å². The van der Waals surface area contributed by atoms with Gasteiger partial charge >= 0.3 is 0 Å². The molecular weight excluding hydrogens is 410 g/mol. The van der Waals surface area contributed by atoms with E-state index in [2.05, 4.69) is 65.0 Å². The van der Waals surface area contributed by atoms with E-state index in [0.717, 1.165) is 22.2 Å². The smallest absolute Gasteiger partial charge is 0.273 e. The largest absolute Gasteiger partial charge is 0.319 e. The van der Waals surface area contributed by atoms with Crippen LogP contribution in [0.3, 0.4) is 0 Å². The molecule has 31 heavy (non-hydrogen) atoms. The molecule has 0 saturated heterocycles. The molecule has 0 fully saturated rings. The first kappa shape index (κ1) is 20.9. The van der Waals surface area contributed by atoms with Crippen molar-refractivity contribution in [1.29, 1.82) is 0 Å². The van der Waals surface area contributed by atoms with E-state index in [-0.39, 0.29) is 10.6 Å². The Kier molecular flexibility index (Phi) is 5.90. The van der Waals surface area contributed by atoms with Crippen molar-refractivity contribution in [2.24, 2.45) is 0 Å². The third-order valence-corrected chi connectivity index (χ3v) is 6.25. The second kappa shape index (κ2) is 8.77. The van der Waals surface area contributed by atoms with Crippen molar-refractivity contribution < 1.29 is 4.92 Å². The molecule has 0 bridgehead atoms. The maximum atomic E-state index is 11.3. The summed E-state index contributed by atoms with van der Waals surface area (Å²) in [5.41, 5.74) is 5.28. The van der Waals surface area contributed by atoms with Crippen molar-refractivity contribution >= 4 is 17.4 Å². The highest BCUT2D eigenvalue weighted by Gasteiger charge is 2.17. The molecule has 0 spiro atoms. The molecule has 2 heterocycles. The van der Waals surface area contributed by atoms with Gasteiger partial charge in [0.25, 0.3) is 5.69 Å². The molecule has 158 valence electrons. The Morgan fingerprint density at radius 3 is 2.29 bits per heavy atom. The Labute approximate surface area is 184 Å². The van der Waals surface area contributed by atoms with Crippen LogP contribution in [0.4, 0.5) is 5.69 Å². The highest BCUT2D eigenvalue weighted by molar-refractivity contribution is 7.98. The Balaban J connectivity index is 1.58. The monoisotopic (exact) mass is 433 g/mol. The number of hydrogen-bond donors (Lipinski definition) is 0. The number of aryl methyl sites for hydroxylation is 2. The fraction of sp³-hybridized carbons (Fsp3) is 0.217. The normalized spacial score (nSPS) is 11.1. The van der Waals surface area contributed by atoms with Crippen LogP contribution in [0.15, 0.2) is 65.8 Å². The van der Waals surface area contributed by atoms with E-state index in [1.54, 1.807) is 12.1 Å². The minimum atomic E-state index is -0.346. The fourth-order valence-corrected chi connectivity index (χ4v) is 4.68. The number of rotatable bonds is 7. The maximum absolute atomic E-state index is 11.3. The molecule has 0 saturated carbocycles. The molecule has 0 aliphatic carbocycles. The molecule has 0 N–H and O–H groups in total. The predicted octanol–water partition coefficient (Wildman–Crippen LogP) is 5.57. The Bertz CT molecular complexity index is 1210. The van der Waals surface area contributed by atoms with Crippen molar-refractivity contribution in [1.82, 2.24) is 19.3 Å². The Morgan fingerprint density at radius 2 is 1.65 bits per heavy atom. The molecule has 2 aromatic carbocycles. The Hall–Kier alpha value is -3.39. The molecule has 0 aliphatic heterocycles. The van der Waals surface area contributed by atoms with Gasteiger partial charge < -0.3 is 9.13 Å². The molecule has 7 nitrogen and oxygen atoms in total. The first-order chi connectivity index (χ1) is 15.0. The van der Waals surface area contributed by atoms with Gasteiger partial charge in [-0.2, -0.15) is 0 Å². The number of aromatic nitrogens is 4. The molecular formula is C23H23N5O2S. The van der Waals surface area contributed by atoms with Crippen LogP contribution in [0.5, 0.6) is 0 Å². The van der Waals surface area contributed by atoms with Gasteiger partial charge in [-0.05, 0) is 57.2 Å². The number of thioether (sulfide) groups is 1. The van der Waals surface area contributed by atoms with Gasteiger partial charge in [0.2, 0.25) is 0 Å². The number of hydrogen-bond acceptors (Lipinski definition) is 5. The van der Waals surface area contributed by atoms with Crippen LogP contribution in [-0.4, -0.2) is 24.3 Å². The van der Waals surface area contributed by atoms with Crippen molar-refractivity contribution in [2.75, 3.05) is 0 Å². The summed E-state index contributed by atoms with van der Waals surface area (Å²) in [6.07, 6.45) is 0. The van der Waals surface area contributed by atoms with Crippen LogP contribution < -0.4 is 0 Å². The fourth-order valence-electron chi connectivity index (χ4n) is 3.68. The summed E-state index contributed by atoms with van der Waals surface area (Å²) in [6.45, 7) is 6.94. The van der Waals surface area contributed by atoms with Crippen LogP contribution in [-0.2, 0) is 12.3 Å². The van der Waals surface area contributed by atoms with Gasteiger partial charge in [0.05, 0.1) is 4.92 Å². The molecule has 0 atom stereocenters. The summed E-state index contributed by atoms with van der Waals surface area (Å²) in [6, 6.07) is 19.3. The standard InChI is InChI=1S/C23H23N5O2S/c1-4-26-22(18-11-13-20(14-12-18)27-16(2)9-10-17(27)3)24-25-23(26)31-15-19-7-5-6-8-21(19)28(29)30/h5-14H,4,15H2,1-3H3. The van der Waals surface area contributed by atoms with Crippen LogP contribution >= 0.6 is 11.8 Å². The summed E-state index contributed by atoms with van der Waals surface area (Å²) < 4.78 is 4.25. The summed E-state index contributed by atoms with van der Waals surface area (Å²) >= 11 is 1.46. The molecule has 0 unspecified atom stereocenters. The highest BCUT2D eigenvalue weighted by Crippen LogP contribution is 2.30. The molecule has 8 heteroatoms. The van der Waals surface area contributed by atoms with Gasteiger partial charge in [-0.15, -0.1) is 10.2 Å². The van der Waals surface area contributed by atoms with E-state index < -0.39 is 0 Å². The van der Waals surface area contributed by atoms with E-state index in [1.807, 2.05) is 17.6 Å². The van der Waals surface area contributed by atoms with Crippen LogP contribution in [0, 0.1) is 24.0 Å². The SMILES string of the molecule is CCn1c(SCc2ccccc2[N+](=O)[O-])nnc1-c1ccc(-n2c(C)ccc2C)cc1. The van der Waals surface area contributed by atoms with Gasteiger partial charge in [-0.1, -0.05) is 30.0 Å². The number of nitro benzene ring substituents is 1. The Morgan fingerprint density at radius 1 is 0.968 bits per heavy atom. The summed E-state index contributed by atoms with van der Waals surface area (Å²) in [5.74, 6) is 1.25. The first-order valence-corrected chi connectivity index (χ1v) is 11.0. The summed E-state index contributed by atoms with van der Waals surface area (Å²) in [5, 5.41) is 20.8. The zero-order valence-electron chi connectivity index (χ0n) is 17.6. The molecule has 0 amide bonds. The zero-order chi connectivity index (χ0) is 22.0. The van der Waals surface area contributed by atoms with E-state index in [4.69, 9.17) is 0 Å². The minimum Gasteiger partial charge on any atom is -0.319 e. The minimum absolute atomic E-state index is 0.129. The average molecular weight is 434 g/mol. The van der Waals surface area contributed by atoms with Gasteiger partial charge in [-0.25, -0.2) is 0 Å². The van der Waals surface area contributed by atoms with E-state index in [1.165, 1.54) is 29.2 Å². The molecule has 4 rings (SSSR count). The number of nitrogens with zero attached hydrogens (tertiary/aromatic N) is 5. The van der Waals surface area contributed by atoms with Crippen LogP contribution in [0.25, 0.3) is 17.1 Å². The lowest BCUT2D eigenvalue weighted by molar-refractivity contribution is -0.385. The number of benzene rings is 2. The predicted molar refractivity (Wildman–Crippen MR) is 123 cm³/mol. The van der Waals surface area contributed by atoms with Crippen LogP contribution in [0.2, 0.25) is 0 Å². The van der Waals surface area contributed by atoms with Gasteiger partial charge in [0.15, 0.2) is 11.0 Å².